The van der Waals surface area contributed by atoms with Crippen LogP contribution >= 0.6 is 0 Å². The molecule has 21 heavy (non-hydrogen) atoms. The van der Waals surface area contributed by atoms with E-state index >= 15 is 0 Å². The molecule has 2 rings (SSSR count). The lowest BCUT2D eigenvalue weighted by Crippen LogP contribution is -2.37. The molecule has 0 unspecified atom stereocenters. The van der Waals surface area contributed by atoms with Gasteiger partial charge in [-0.3, -0.25) is 19.1 Å². The fourth-order valence-electron chi connectivity index (χ4n) is 2.07. The number of carbonyl (C=O) groups excluding carboxylic acids is 1. The minimum atomic E-state index is -1.85. The highest BCUT2D eigenvalue weighted by Crippen LogP contribution is 2.32. The van der Waals surface area contributed by atoms with E-state index in [-0.39, 0.29) is 6.42 Å². The average Bonchev–Trinajstić information content (AvgIpc) is 2.76. The molecule has 2 heterocycles. The van der Waals surface area contributed by atoms with Crippen LogP contribution in [0.3, 0.4) is 0 Å². The molecule has 0 spiro atoms. The number of halogens is 1. The Balaban J connectivity index is 2.28. The highest BCUT2D eigenvalue weighted by atomic mass is 19.1. The first-order valence-corrected chi connectivity index (χ1v) is 6.39. The number of aliphatic hydroxyl groups excluding tert-OH is 1. The van der Waals surface area contributed by atoms with Crippen LogP contribution in [0.25, 0.3) is 0 Å². The first-order valence-electron chi connectivity index (χ1n) is 6.39. The summed E-state index contributed by atoms with van der Waals surface area (Å²) < 4.78 is 25.4. The summed E-state index contributed by atoms with van der Waals surface area (Å²) in [4.78, 5) is 35.9. The number of rotatable bonds is 4. The smallest absolute Gasteiger partial charge is 0.330 e. The van der Waals surface area contributed by atoms with Crippen LogP contribution in [0.1, 0.15) is 19.6 Å². The predicted octanol–water partition coefficient (Wildman–Crippen LogP) is -0.914. The maximum atomic E-state index is 14.4. The van der Waals surface area contributed by atoms with Crippen molar-refractivity contribution in [1.29, 1.82) is 0 Å². The summed E-state index contributed by atoms with van der Waals surface area (Å²) in [6, 6.07) is 1.04. The van der Waals surface area contributed by atoms with E-state index < -0.39 is 48.4 Å². The van der Waals surface area contributed by atoms with Gasteiger partial charge in [0, 0.05) is 18.7 Å². The number of aromatic amines is 1. The predicted molar refractivity (Wildman–Crippen MR) is 67.4 cm³/mol. The fourth-order valence-corrected chi connectivity index (χ4v) is 2.07. The number of ether oxygens (including phenoxy) is 2. The molecule has 1 aliphatic heterocycles. The van der Waals surface area contributed by atoms with Gasteiger partial charge in [-0.05, 0) is 0 Å². The maximum Gasteiger partial charge on any atom is 0.330 e. The van der Waals surface area contributed by atoms with Crippen LogP contribution in [0.2, 0.25) is 0 Å². The molecule has 0 bridgehead atoms. The van der Waals surface area contributed by atoms with E-state index in [0.717, 1.165) is 16.8 Å². The van der Waals surface area contributed by atoms with Crippen LogP contribution in [0.15, 0.2) is 21.9 Å². The van der Waals surface area contributed by atoms with Crippen LogP contribution in [0.4, 0.5) is 4.39 Å². The largest absolute Gasteiger partial charge is 0.456 e. The average molecular weight is 302 g/mol. The van der Waals surface area contributed by atoms with Gasteiger partial charge in [0.2, 0.25) is 0 Å². The standard InChI is InChI=1S/C12H15FN2O6/c1-2-8(18)21-10-6(5-16)20-11(9(10)13)15-4-3-7(17)14-12(15)19/h3-4,6,9-11,16H,2,5H2,1H3,(H,14,17,19)/t6-,9-,10-,11-/m1/s1. The highest BCUT2D eigenvalue weighted by Gasteiger charge is 2.48. The Kier molecular flexibility index (Phi) is 4.53. The fraction of sp³-hybridized carbons (Fsp3) is 0.583. The van der Waals surface area contributed by atoms with Crippen LogP contribution in [0, 0.1) is 0 Å². The Morgan fingerprint density at radius 3 is 2.86 bits per heavy atom. The van der Waals surface area contributed by atoms with Gasteiger partial charge in [-0.15, -0.1) is 0 Å². The molecule has 1 aromatic rings. The summed E-state index contributed by atoms with van der Waals surface area (Å²) in [6.07, 6.45) is -4.50. The molecule has 0 radical (unpaired) electrons. The molecule has 0 aliphatic carbocycles. The monoisotopic (exact) mass is 302 g/mol. The van der Waals surface area contributed by atoms with E-state index in [1.165, 1.54) is 0 Å². The molecule has 0 aromatic carbocycles. The van der Waals surface area contributed by atoms with Crippen molar-refractivity contribution in [1.82, 2.24) is 9.55 Å². The van der Waals surface area contributed by atoms with Crippen LogP contribution < -0.4 is 11.2 Å². The third kappa shape index (κ3) is 3.03. The maximum absolute atomic E-state index is 14.4. The molecule has 4 atom stereocenters. The Hall–Kier alpha value is -2.00. The molecule has 0 amide bonds. The second kappa shape index (κ2) is 6.19. The second-order valence-electron chi connectivity index (χ2n) is 4.52. The molecule has 1 fully saturated rings. The molecule has 2 N–H and O–H groups in total. The van der Waals surface area contributed by atoms with Crippen molar-refractivity contribution in [3.05, 3.63) is 33.1 Å². The van der Waals surface area contributed by atoms with E-state index in [1.54, 1.807) is 6.92 Å². The lowest BCUT2D eigenvalue weighted by atomic mass is 10.1. The second-order valence-corrected chi connectivity index (χ2v) is 4.52. The lowest BCUT2D eigenvalue weighted by molar-refractivity contribution is -0.154. The van der Waals surface area contributed by atoms with Gasteiger partial charge in [-0.2, -0.15) is 0 Å². The van der Waals surface area contributed by atoms with Crippen molar-refractivity contribution in [2.45, 2.75) is 38.0 Å². The molecule has 1 saturated heterocycles. The van der Waals surface area contributed by atoms with Crippen molar-refractivity contribution in [2.24, 2.45) is 0 Å². The van der Waals surface area contributed by atoms with E-state index in [1.807, 2.05) is 4.98 Å². The van der Waals surface area contributed by atoms with Gasteiger partial charge in [-0.1, -0.05) is 6.92 Å². The topological polar surface area (TPSA) is 111 Å². The molecule has 8 nitrogen and oxygen atoms in total. The van der Waals surface area contributed by atoms with Gasteiger partial charge in [0.15, 0.2) is 18.5 Å². The van der Waals surface area contributed by atoms with Crippen LogP contribution in [-0.4, -0.2) is 45.6 Å². The molecule has 1 aromatic heterocycles. The number of aromatic nitrogens is 2. The Bertz CT molecular complexity index is 627. The number of hydrogen-bond acceptors (Lipinski definition) is 6. The number of H-pyrrole nitrogens is 1. The molecule has 1 aliphatic rings. The van der Waals surface area contributed by atoms with Crippen molar-refractivity contribution >= 4 is 5.97 Å². The Morgan fingerprint density at radius 2 is 2.29 bits per heavy atom. The van der Waals surface area contributed by atoms with E-state index in [0.29, 0.717) is 0 Å². The summed E-state index contributed by atoms with van der Waals surface area (Å²) in [5, 5.41) is 9.19. The number of alkyl halides is 1. The third-order valence-electron chi connectivity index (χ3n) is 3.13. The number of aliphatic hydroxyl groups is 1. The van der Waals surface area contributed by atoms with Crippen molar-refractivity contribution in [3.8, 4) is 0 Å². The van der Waals surface area contributed by atoms with Gasteiger partial charge in [0.05, 0.1) is 6.61 Å². The summed E-state index contributed by atoms with van der Waals surface area (Å²) in [5.74, 6) is -0.640. The van der Waals surface area contributed by atoms with Gasteiger partial charge in [0.1, 0.15) is 6.10 Å². The van der Waals surface area contributed by atoms with Gasteiger partial charge >= 0.3 is 11.7 Å². The zero-order chi connectivity index (χ0) is 15.6. The highest BCUT2D eigenvalue weighted by molar-refractivity contribution is 5.69. The zero-order valence-corrected chi connectivity index (χ0v) is 11.2. The third-order valence-corrected chi connectivity index (χ3v) is 3.13. The number of nitrogens with one attached hydrogen (secondary N) is 1. The summed E-state index contributed by atoms with van der Waals surface area (Å²) in [7, 11) is 0. The normalized spacial score (nSPS) is 28.5. The van der Waals surface area contributed by atoms with Crippen LogP contribution in [-0.2, 0) is 14.3 Å². The van der Waals surface area contributed by atoms with Crippen molar-refractivity contribution in [3.63, 3.8) is 0 Å². The molecule has 0 saturated carbocycles. The van der Waals surface area contributed by atoms with Gasteiger partial charge in [-0.25, -0.2) is 9.18 Å². The molecule has 9 heteroatoms. The van der Waals surface area contributed by atoms with Crippen LogP contribution in [0.5, 0.6) is 0 Å². The quantitative estimate of drug-likeness (QED) is 0.696. The summed E-state index contributed by atoms with van der Waals surface area (Å²) in [5.41, 5.74) is -1.48. The van der Waals surface area contributed by atoms with E-state index in [9.17, 15) is 23.9 Å². The molecule has 116 valence electrons. The number of carbonyl (C=O) groups is 1. The molecular weight excluding hydrogens is 287 g/mol. The SMILES string of the molecule is CCC(=O)O[C@H]1[C@@H](F)[C@H](n2ccc(=O)[nH]c2=O)O[C@@H]1CO. The van der Waals surface area contributed by atoms with Crippen molar-refractivity contribution in [2.75, 3.05) is 6.61 Å². The number of esters is 1. The van der Waals surface area contributed by atoms with Gasteiger partial charge < -0.3 is 14.6 Å². The van der Waals surface area contributed by atoms with Gasteiger partial charge in [0.25, 0.3) is 5.56 Å². The molecular formula is C12H15FN2O6. The number of nitrogens with zero attached hydrogens (tertiary/aromatic N) is 1. The summed E-state index contributed by atoms with van der Waals surface area (Å²) >= 11 is 0. The summed E-state index contributed by atoms with van der Waals surface area (Å²) in [6.45, 7) is 0.972. The van der Waals surface area contributed by atoms with Crippen molar-refractivity contribution < 1.29 is 23.8 Å². The first-order chi connectivity index (χ1) is 9.97. The zero-order valence-electron chi connectivity index (χ0n) is 11.2. The Morgan fingerprint density at radius 1 is 1.57 bits per heavy atom. The lowest BCUT2D eigenvalue weighted by Gasteiger charge is -2.17. The van der Waals surface area contributed by atoms with E-state index in [4.69, 9.17) is 9.47 Å². The first kappa shape index (κ1) is 15.4. The Labute approximate surface area is 118 Å². The minimum Gasteiger partial charge on any atom is -0.456 e. The number of hydrogen-bond donors (Lipinski definition) is 2. The minimum absolute atomic E-state index is 0.0463. The van der Waals surface area contributed by atoms with E-state index in [2.05, 4.69) is 0 Å².